The molecule has 31 heavy (non-hydrogen) atoms. The minimum atomic E-state index is -0.731. The summed E-state index contributed by atoms with van der Waals surface area (Å²) in [7, 11) is 0. The summed E-state index contributed by atoms with van der Waals surface area (Å²) >= 11 is 0. The Kier molecular flexibility index (Phi) is 7.31. The van der Waals surface area contributed by atoms with Gasteiger partial charge in [0.15, 0.2) is 0 Å². The van der Waals surface area contributed by atoms with E-state index in [1.807, 2.05) is 32.0 Å². The Bertz CT molecular complexity index is 983. The molecule has 0 bridgehead atoms. The molecule has 6 heteroatoms. The number of likely N-dealkylation sites (tertiary alicyclic amines) is 1. The third kappa shape index (κ3) is 5.24. The quantitative estimate of drug-likeness (QED) is 0.686. The average molecular weight is 425 g/mol. The number of esters is 1. The van der Waals surface area contributed by atoms with Crippen LogP contribution >= 0.6 is 0 Å². The fourth-order valence-corrected chi connectivity index (χ4v) is 4.39. The first-order valence-electron chi connectivity index (χ1n) is 11.1. The highest BCUT2D eigenvalue weighted by Gasteiger charge is 2.44. The summed E-state index contributed by atoms with van der Waals surface area (Å²) in [6.45, 7) is 6.60. The minimum absolute atomic E-state index is 0.132. The first-order chi connectivity index (χ1) is 14.9. The fraction of sp³-hybridized carbons (Fsp3) is 0.480. The molecule has 1 atom stereocenters. The SMILES string of the molecule is CCOC(=O)[C@@]1(CCCc2ccccc2)CCCN(C(=O)c2cc(C)c(C)[nH]c2=O)C1. The molecule has 0 spiro atoms. The number of carbonyl (C=O) groups is 2. The van der Waals surface area contributed by atoms with E-state index in [4.69, 9.17) is 4.74 Å². The Hall–Kier alpha value is -2.89. The maximum absolute atomic E-state index is 13.2. The lowest BCUT2D eigenvalue weighted by Crippen LogP contribution is -2.51. The number of aromatic amines is 1. The molecular formula is C25H32N2O4. The number of aryl methyl sites for hydroxylation is 3. The van der Waals surface area contributed by atoms with Crippen LogP contribution in [-0.4, -0.2) is 41.5 Å². The smallest absolute Gasteiger partial charge is 0.313 e. The first kappa shape index (κ1) is 22.8. The van der Waals surface area contributed by atoms with Crippen molar-refractivity contribution in [1.29, 1.82) is 0 Å². The lowest BCUT2D eigenvalue weighted by molar-refractivity contribution is -0.159. The van der Waals surface area contributed by atoms with Gasteiger partial charge in [-0.25, -0.2) is 0 Å². The van der Waals surface area contributed by atoms with Crippen LogP contribution in [0.5, 0.6) is 0 Å². The Labute approximate surface area is 183 Å². The zero-order valence-electron chi connectivity index (χ0n) is 18.7. The molecule has 1 aliphatic rings. The fourth-order valence-electron chi connectivity index (χ4n) is 4.39. The zero-order valence-corrected chi connectivity index (χ0v) is 18.7. The summed E-state index contributed by atoms with van der Waals surface area (Å²) < 4.78 is 5.44. The Morgan fingerprint density at radius 1 is 1.19 bits per heavy atom. The van der Waals surface area contributed by atoms with Gasteiger partial charge in [-0.1, -0.05) is 30.3 Å². The van der Waals surface area contributed by atoms with E-state index < -0.39 is 5.41 Å². The lowest BCUT2D eigenvalue weighted by Gasteiger charge is -2.41. The third-order valence-corrected chi connectivity index (χ3v) is 6.26. The van der Waals surface area contributed by atoms with E-state index in [1.54, 1.807) is 17.9 Å². The van der Waals surface area contributed by atoms with Gasteiger partial charge < -0.3 is 14.6 Å². The van der Waals surface area contributed by atoms with E-state index in [-0.39, 0.29) is 29.5 Å². The topological polar surface area (TPSA) is 79.5 Å². The highest BCUT2D eigenvalue weighted by atomic mass is 16.5. The largest absolute Gasteiger partial charge is 0.466 e. The Balaban J connectivity index is 1.79. The van der Waals surface area contributed by atoms with E-state index in [1.165, 1.54) is 5.56 Å². The normalized spacial score (nSPS) is 18.6. The predicted molar refractivity (Wildman–Crippen MR) is 120 cm³/mol. The predicted octanol–water partition coefficient (Wildman–Crippen LogP) is 3.80. The first-order valence-corrected chi connectivity index (χ1v) is 11.1. The van der Waals surface area contributed by atoms with Gasteiger partial charge in [-0.2, -0.15) is 0 Å². The summed E-state index contributed by atoms with van der Waals surface area (Å²) in [5.74, 6) is -0.560. The molecule has 1 aromatic heterocycles. The second-order valence-electron chi connectivity index (χ2n) is 8.49. The molecule has 6 nitrogen and oxygen atoms in total. The van der Waals surface area contributed by atoms with Crippen molar-refractivity contribution in [1.82, 2.24) is 9.88 Å². The lowest BCUT2D eigenvalue weighted by atomic mass is 9.75. The number of amides is 1. The van der Waals surface area contributed by atoms with Crippen LogP contribution in [0.3, 0.4) is 0 Å². The van der Waals surface area contributed by atoms with Crippen LogP contribution in [-0.2, 0) is 16.0 Å². The number of benzene rings is 1. The summed E-state index contributed by atoms with van der Waals surface area (Å²) in [5, 5.41) is 0. The van der Waals surface area contributed by atoms with Crippen molar-refractivity contribution in [3.63, 3.8) is 0 Å². The number of ether oxygens (including phenoxy) is 1. The molecule has 2 aromatic rings. The second kappa shape index (κ2) is 9.94. The van der Waals surface area contributed by atoms with Crippen LogP contribution in [0.4, 0.5) is 0 Å². The maximum atomic E-state index is 13.2. The maximum Gasteiger partial charge on any atom is 0.313 e. The number of H-pyrrole nitrogens is 1. The van der Waals surface area contributed by atoms with Crippen molar-refractivity contribution in [2.45, 2.75) is 52.9 Å². The van der Waals surface area contributed by atoms with Gasteiger partial charge in [-0.3, -0.25) is 14.4 Å². The summed E-state index contributed by atoms with van der Waals surface area (Å²) in [4.78, 5) is 43.0. The van der Waals surface area contributed by atoms with Crippen LogP contribution in [0, 0.1) is 19.3 Å². The minimum Gasteiger partial charge on any atom is -0.466 e. The number of rotatable bonds is 7. The van der Waals surface area contributed by atoms with Crippen molar-refractivity contribution >= 4 is 11.9 Å². The molecule has 166 valence electrons. The van der Waals surface area contributed by atoms with E-state index in [2.05, 4.69) is 17.1 Å². The Morgan fingerprint density at radius 2 is 1.94 bits per heavy atom. The summed E-state index contributed by atoms with van der Waals surface area (Å²) in [5.41, 5.74) is 1.86. The number of hydrogen-bond acceptors (Lipinski definition) is 4. The van der Waals surface area contributed by atoms with Crippen molar-refractivity contribution < 1.29 is 14.3 Å². The third-order valence-electron chi connectivity index (χ3n) is 6.26. The molecule has 0 radical (unpaired) electrons. The molecule has 1 saturated heterocycles. The van der Waals surface area contributed by atoms with Gasteiger partial charge >= 0.3 is 5.97 Å². The molecule has 1 aliphatic heterocycles. The average Bonchev–Trinajstić information content (AvgIpc) is 2.77. The molecule has 0 unspecified atom stereocenters. The van der Waals surface area contributed by atoms with Crippen LogP contribution in [0.15, 0.2) is 41.2 Å². The number of piperidine rings is 1. The van der Waals surface area contributed by atoms with Crippen LogP contribution in [0.1, 0.15) is 59.8 Å². The van der Waals surface area contributed by atoms with Crippen LogP contribution < -0.4 is 5.56 Å². The van der Waals surface area contributed by atoms with Crippen molar-refractivity contribution in [3.8, 4) is 0 Å². The molecule has 1 amide bonds. The molecule has 3 rings (SSSR count). The molecular weight excluding hydrogens is 392 g/mol. The number of hydrogen-bond donors (Lipinski definition) is 1. The molecule has 0 aliphatic carbocycles. The molecule has 1 N–H and O–H groups in total. The monoisotopic (exact) mass is 424 g/mol. The van der Waals surface area contributed by atoms with E-state index in [0.29, 0.717) is 32.4 Å². The van der Waals surface area contributed by atoms with Gasteiger partial charge in [0.05, 0.1) is 12.0 Å². The van der Waals surface area contributed by atoms with Gasteiger partial charge in [0.25, 0.3) is 11.5 Å². The highest BCUT2D eigenvalue weighted by molar-refractivity contribution is 5.94. The number of carbonyl (C=O) groups excluding carboxylic acids is 2. The standard InChI is InChI=1S/C25H32N2O4/c1-4-31-24(30)25(13-8-12-20-10-6-5-7-11-20)14-9-15-27(17-25)23(29)21-16-18(2)19(3)26-22(21)28/h5-7,10-11,16H,4,8-9,12-15,17H2,1-3H3,(H,26,28)/t25-/m0/s1. The number of nitrogens with one attached hydrogen (secondary N) is 1. The van der Waals surface area contributed by atoms with Gasteiger partial charge in [-0.05, 0) is 70.1 Å². The summed E-state index contributed by atoms with van der Waals surface area (Å²) in [6.07, 6.45) is 3.74. The van der Waals surface area contributed by atoms with Crippen molar-refractivity contribution in [2.75, 3.05) is 19.7 Å². The molecule has 1 aromatic carbocycles. The van der Waals surface area contributed by atoms with Crippen LogP contribution in [0.2, 0.25) is 0 Å². The molecule has 1 fully saturated rings. The number of pyridine rings is 1. The van der Waals surface area contributed by atoms with Gasteiger partial charge in [0.2, 0.25) is 0 Å². The van der Waals surface area contributed by atoms with Gasteiger partial charge in [0.1, 0.15) is 5.56 Å². The Morgan fingerprint density at radius 3 is 2.65 bits per heavy atom. The summed E-state index contributed by atoms with van der Waals surface area (Å²) in [6, 6.07) is 11.8. The molecule has 2 heterocycles. The highest BCUT2D eigenvalue weighted by Crippen LogP contribution is 2.37. The molecule has 0 saturated carbocycles. The van der Waals surface area contributed by atoms with Crippen molar-refractivity contribution in [2.24, 2.45) is 5.41 Å². The van der Waals surface area contributed by atoms with E-state index >= 15 is 0 Å². The van der Waals surface area contributed by atoms with E-state index in [0.717, 1.165) is 24.1 Å². The van der Waals surface area contributed by atoms with Gasteiger partial charge in [-0.15, -0.1) is 0 Å². The number of aromatic nitrogens is 1. The van der Waals surface area contributed by atoms with Crippen LogP contribution in [0.25, 0.3) is 0 Å². The van der Waals surface area contributed by atoms with Gasteiger partial charge in [0, 0.05) is 18.8 Å². The second-order valence-corrected chi connectivity index (χ2v) is 8.49. The number of nitrogens with zero attached hydrogens (tertiary/aromatic N) is 1. The zero-order chi connectivity index (χ0) is 22.4. The van der Waals surface area contributed by atoms with Crippen molar-refractivity contribution in [3.05, 3.63) is 69.1 Å². The van der Waals surface area contributed by atoms with E-state index in [9.17, 15) is 14.4 Å².